The highest BCUT2D eigenvalue weighted by atomic mass is 16.5. The molecule has 0 fully saturated rings. The van der Waals surface area contributed by atoms with Crippen LogP contribution in [0, 0.1) is 0 Å². The summed E-state index contributed by atoms with van der Waals surface area (Å²) in [5, 5.41) is 18.3. The van der Waals surface area contributed by atoms with Gasteiger partial charge < -0.3 is 20.7 Å². The van der Waals surface area contributed by atoms with E-state index in [2.05, 4.69) is 0 Å². The molecule has 1 aromatic rings. The number of primary amides is 1. The van der Waals surface area contributed by atoms with E-state index in [4.69, 9.17) is 15.6 Å². The fourth-order valence-electron chi connectivity index (χ4n) is 1.08. The van der Waals surface area contributed by atoms with Crippen molar-refractivity contribution >= 4 is 5.91 Å². The predicted molar refractivity (Wildman–Crippen MR) is 49.1 cm³/mol. The Kier molecular flexibility index (Phi) is 2.93. The summed E-state index contributed by atoms with van der Waals surface area (Å²) in [6, 6.07) is 2.64. The zero-order valence-electron chi connectivity index (χ0n) is 7.65. The van der Waals surface area contributed by atoms with Gasteiger partial charge in [0, 0.05) is 11.1 Å². The standard InChI is InChI=1S/C9H11NO4/c1-14-7-3-5(9(10)13)2-6(4-11)8(7)12/h2-3,11-12H,4H2,1H3,(H2,10,13). The largest absolute Gasteiger partial charge is 0.504 e. The maximum absolute atomic E-state index is 10.9. The molecule has 5 heteroatoms. The fraction of sp³-hybridized carbons (Fsp3) is 0.222. The van der Waals surface area contributed by atoms with Crippen molar-refractivity contribution in [1.29, 1.82) is 0 Å². The number of carbonyl (C=O) groups is 1. The van der Waals surface area contributed by atoms with Crippen molar-refractivity contribution in [2.75, 3.05) is 7.11 Å². The summed E-state index contributed by atoms with van der Waals surface area (Å²) >= 11 is 0. The highest BCUT2D eigenvalue weighted by Crippen LogP contribution is 2.31. The Morgan fingerprint density at radius 3 is 2.64 bits per heavy atom. The van der Waals surface area contributed by atoms with Gasteiger partial charge in [0.1, 0.15) is 0 Å². The number of amides is 1. The van der Waals surface area contributed by atoms with Gasteiger partial charge in [0.05, 0.1) is 13.7 Å². The van der Waals surface area contributed by atoms with Crippen LogP contribution in [0.5, 0.6) is 11.5 Å². The van der Waals surface area contributed by atoms with Gasteiger partial charge in [0.2, 0.25) is 5.91 Å². The molecule has 0 saturated carbocycles. The molecule has 0 aliphatic heterocycles. The van der Waals surface area contributed by atoms with E-state index in [0.29, 0.717) is 0 Å². The molecule has 0 atom stereocenters. The first-order chi connectivity index (χ1) is 6.60. The minimum Gasteiger partial charge on any atom is -0.504 e. The third-order valence-corrected chi connectivity index (χ3v) is 1.83. The van der Waals surface area contributed by atoms with Crippen LogP contribution in [0.25, 0.3) is 0 Å². The Morgan fingerprint density at radius 2 is 2.21 bits per heavy atom. The Balaban J connectivity index is 3.32. The van der Waals surface area contributed by atoms with Crippen LogP contribution < -0.4 is 10.5 Å². The number of aromatic hydroxyl groups is 1. The quantitative estimate of drug-likeness (QED) is 0.635. The molecule has 0 aliphatic carbocycles. The third kappa shape index (κ3) is 1.77. The number of methoxy groups -OCH3 is 1. The van der Waals surface area contributed by atoms with E-state index < -0.39 is 5.91 Å². The molecule has 14 heavy (non-hydrogen) atoms. The summed E-state index contributed by atoms with van der Waals surface area (Å²) in [4.78, 5) is 10.9. The summed E-state index contributed by atoms with van der Waals surface area (Å²) in [6.45, 7) is -0.386. The molecular formula is C9H11NO4. The Hall–Kier alpha value is -1.75. The molecule has 0 bridgehead atoms. The third-order valence-electron chi connectivity index (χ3n) is 1.83. The molecule has 1 amide bonds. The lowest BCUT2D eigenvalue weighted by Gasteiger charge is -2.08. The topological polar surface area (TPSA) is 92.8 Å². The highest BCUT2D eigenvalue weighted by Gasteiger charge is 2.12. The van der Waals surface area contributed by atoms with Gasteiger partial charge in [0.15, 0.2) is 11.5 Å². The van der Waals surface area contributed by atoms with Gasteiger partial charge in [-0.1, -0.05) is 0 Å². The molecule has 0 aliphatic rings. The maximum Gasteiger partial charge on any atom is 0.248 e. The molecule has 1 rings (SSSR count). The van der Waals surface area contributed by atoms with Gasteiger partial charge in [-0.25, -0.2) is 0 Å². The smallest absolute Gasteiger partial charge is 0.248 e. The van der Waals surface area contributed by atoms with E-state index in [1.807, 2.05) is 0 Å². The number of hydrogen-bond donors (Lipinski definition) is 3. The van der Waals surface area contributed by atoms with Crippen LogP contribution >= 0.6 is 0 Å². The fourth-order valence-corrected chi connectivity index (χ4v) is 1.08. The molecule has 1 aromatic carbocycles. The lowest BCUT2D eigenvalue weighted by molar-refractivity contribution is 0.0999. The summed E-state index contributed by atoms with van der Waals surface area (Å²) < 4.78 is 4.81. The second kappa shape index (κ2) is 3.97. The first-order valence-electron chi connectivity index (χ1n) is 3.90. The Labute approximate surface area is 80.7 Å². The zero-order chi connectivity index (χ0) is 10.7. The molecule has 0 radical (unpaired) electrons. The minimum atomic E-state index is -0.641. The normalized spacial score (nSPS) is 9.86. The minimum absolute atomic E-state index is 0.116. The number of phenols is 1. The molecule has 4 N–H and O–H groups in total. The average Bonchev–Trinajstić information content (AvgIpc) is 2.17. The number of rotatable bonds is 3. The van der Waals surface area contributed by atoms with Gasteiger partial charge in [0.25, 0.3) is 0 Å². The van der Waals surface area contributed by atoms with Crippen molar-refractivity contribution in [3.05, 3.63) is 23.3 Å². The van der Waals surface area contributed by atoms with E-state index in [0.717, 1.165) is 0 Å². The zero-order valence-corrected chi connectivity index (χ0v) is 7.65. The second-order valence-corrected chi connectivity index (χ2v) is 2.71. The van der Waals surface area contributed by atoms with Crippen molar-refractivity contribution in [3.8, 4) is 11.5 Å². The molecule has 5 nitrogen and oxygen atoms in total. The lowest BCUT2D eigenvalue weighted by atomic mass is 10.1. The van der Waals surface area contributed by atoms with Crippen LogP contribution in [0.1, 0.15) is 15.9 Å². The molecule has 0 spiro atoms. The van der Waals surface area contributed by atoms with Crippen molar-refractivity contribution in [2.24, 2.45) is 5.73 Å². The first kappa shape index (κ1) is 10.3. The van der Waals surface area contributed by atoms with Gasteiger partial charge in [-0.15, -0.1) is 0 Å². The summed E-state index contributed by atoms with van der Waals surface area (Å²) in [6.07, 6.45) is 0. The summed E-state index contributed by atoms with van der Waals surface area (Å²) in [5.41, 5.74) is 5.44. The Bertz CT molecular complexity index is 337. The Morgan fingerprint density at radius 1 is 1.57 bits per heavy atom. The number of aliphatic hydroxyl groups is 1. The van der Waals surface area contributed by atoms with E-state index in [-0.39, 0.29) is 29.2 Å². The van der Waals surface area contributed by atoms with Crippen LogP contribution in [0.15, 0.2) is 12.1 Å². The van der Waals surface area contributed by atoms with Crippen molar-refractivity contribution in [2.45, 2.75) is 6.61 Å². The molecule has 0 aromatic heterocycles. The maximum atomic E-state index is 10.9. The SMILES string of the molecule is COc1cc(C(N)=O)cc(CO)c1O. The molecule has 0 saturated heterocycles. The van der Waals surface area contributed by atoms with Gasteiger partial charge in [-0.05, 0) is 12.1 Å². The molecule has 76 valence electrons. The van der Waals surface area contributed by atoms with Crippen molar-refractivity contribution in [3.63, 3.8) is 0 Å². The lowest BCUT2D eigenvalue weighted by Crippen LogP contribution is -2.11. The number of carbonyl (C=O) groups excluding carboxylic acids is 1. The van der Waals surface area contributed by atoms with E-state index in [1.54, 1.807) is 0 Å². The van der Waals surface area contributed by atoms with Gasteiger partial charge >= 0.3 is 0 Å². The number of benzene rings is 1. The number of nitrogens with two attached hydrogens (primary N) is 1. The molecular weight excluding hydrogens is 186 g/mol. The highest BCUT2D eigenvalue weighted by molar-refractivity contribution is 5.93. The molecule has 0 unspecified atom stereocenters. The monoisotopic (exact) mass is 197 g/mol. The van der Waals surface area contributed by atoms with Crippen LogP contribution in [-0.4, -0.2) is 23.2 Å². The number of hydrogen-bond acceptors (Lipinski definition) is 4. The summed E-state index contributed by atoms with van der Waals surface area (Å²) in [7, 11) is 1.35. The van der Waals surface area contributed by atoms with Gasteiger partial charge in [-0.2, -0.15) is 0 Å². The predicted octanol–water partition coefficient (Wildman–Crippen LogP) is -0.00800. The van der Waals surface area contributed by atoms with Crippen LogP contribution in [0.3, 0.4) is 0 Å². The number of aliphatic hydroxyl groups excluding tert-OH is 1. The molecule has 0 heterocycles. The second-order valence-electron chi connectivity index (χ2n) is 2.71. The van der Waals surface area contributed by atoms with E-state index >= 15 is 0 Å². The van der Waals surface area contributed by atoms with Crippen LogP contribution in [0.2, 0.25) is 0 Å². The first-order valence-corrected chi connectivity index (χ1v) is 3.90. The van der Waals surface area contributed by atoms with Crippen LogP contribution in [-0.2, 0) is 6.61 Å². The average molecular weight is 197 g/mol. The number of ether oxygens (including phenoxy) is 1. The van der Waals surface area contributed by atoms with Crippen molar-refractivity contribution < 1.29 is 19.7 Å². The van der Waals surface area contributed by atoms with E-state index in [9.17, 15) is 9.90 Å². The van der Waals surface area contributed by atoms with E-state index in [1.165, 1.54) is 19.2 Å². The van der Waals surface area contributed by atoms with Crippen LogP contribution in [0.4, 0.5) is 0 Å². The van der Waals surface area contributed by atoms with Gasteiger partial charge in [-0.3, -0.25) is 4.79 Å². The summed E-state index contributed by atoms with van der Waals surface area (Å²) in [5.74, 6) is -0.705. The van der Waals surface area contributed by atoms with Crippen molar-refractivity contribution in [1.82, 2.24) is 0 Å².